The molecule has 158 valence electrons. The maximum atomic E-state index is 5.97. The van der Waals surface area contributed by atoms with Gasteiger partial charge in [0.1, 0.15) is 5.82 Å². The summed E-state index contributed by atoms with van der Waals surface area (Å²) in [6, 6.07) is 12.1. The van der Waals surface area contributed by atoms with Crippen LogP contribution in [0.5, 0.6) is 0 Å². The van der Waals surface area contributed by atoms with Gasteiger partial charge in [-0.25, -0.2) is 4.98 Å². The van der Waals surface area contributed by atoms with Crippen molar-refractivity contribution in [1.82, 2.24) is 15.6 Å². The molecule has 29 heavy (non-hydrogen) atoms. The lowest BCUT2D eigenvalue weighted by molar-refractivity contribution is 0.0529. The lowest BCUT2D eigenvalue weighted by atomic mass is 10.1. The first kappa shape index (κ1) is 23.7. The molecule has 0 aliphatic carbocycles. The SMILES string of the molecule is CN=C(NCc1ccnc(N2CCOC(C)C2)c1)NC(C)c1ccc(Cl)cc1.I. The number of aliphatic imine (C=N–C) groups is 1. The van der Waals surface area contributed by atoms with E-state index >= 15 is 0 Å². The van der Waals surface area contributed by atoms with Gasteiger partial charge in [0.25, 0.3) is 0 Å². The molecule has 3 rings (SSSR count). The number of rotatable bonds is 5. The third-order valence-electron chi connectivity index (χ3n) is 4.78. The zero-order valence-corrected chi connectivity index (χ0v) is 20.1. The molecule has 0 spiro atoms. The fourth-order valence-electron chi connectivity index (χ4n) is 3.19. The summed E-state index contributed by atoms with van der Waals surface area (Å²) in [4.78, 5) is 11.1. The predicted octanol–water partition coefficient (Wildman–Crippen LogP) is 4.00. The van der Waals surface area contributed by atoms with Crippen molar-refractivity contribution in [2.24, 2.45) is 4.99 Å². The van der Waals surface area contributed by atoms with Gasteiger partial charge in [-0.2, -0.15) is 0 Å². The topological polar surface area (TPSA) is 61.8 Å². The van der Waals surface area contributed by atoms with Crippen molar-refractivity contribution in [2.45, 2.75) is 32.5 Å². The Bertz CT molecular complexity index is 802. The van der Waals surface area contributed by atoms with Crippen molar-refractivity contribution >= 4 is 47.4 Å². The first-order chi connectivity index (χ1) is 13.5. The smallest absolute Gasteiger partial charge is 0.191 e. The van der Waals surface area contributed by atoms with Crippen LogP contribution in [0.3, 0.4) is 0 Å². The average Bonchev–Trinajstić information content (AvgIpc) is 2.71. The van der Waals surface area contributed by atoms with Gasteiger partial charge in [0.05, 0.1) is 18.8 Å². The molecule has 1 aromatic heterocycles. The minimum absolute atomic E-state index is 0. The molecule has 1 saturated heterocycles. The molecule has 1 fully saturated rings. The molecule has 2 unspecified atom stereocenters. The Labute approximate surface area is 195 Å². The summed E-state index contributed by atoms with van der Waals surface area (Å²) in [6.07, 6.45) is 2.09. The zero-order valence-electron chi connectivity index (χ0n) is 17.1. The molecule has 2 N–H and O–H groups in total. The van der Waals surface area contributed by atoms with Crippen LogP contribution < -0.4 is 15.5 Å². The summed E-state index contributed by atoms with van der Waals surface area (Å²) < 4.78 is 5.62. The molecule has 2 aromatic rings. The van der Waals surface area contributed by atoms with Crippen molar-refractivity contribution in [3.63, 3.8) is 0 Å². The fourth-order valence-corrected chi connectivity index (χ4v) is 3.32. The summed E-state index contributed by atoms with van der Waals surface area (Å²) in [5.74, 6) is 1.74. The van der Waals surface area contributed by atoms with Gasteiger partial charge < -0.3 is 20.3 Å². The highest BCUT2D eigenvalue weighted by atomic mass is 127. The van der Waals surface area contributed by atoms with Crippen molar-refractivity contribution in [2.75, 3.05) is 31.6 Å². The Kier molecular flexibility index (Phi) is 9.45. The Morgan fingerprint density at radius 3 is 2.79 bits per heavy atom. The van der Waals surface area contributed by atoms with E-state index in [-0.39, 0.29) is 36.1 Å². The number of ether oxygens (including phenoxy) is 1. The van der Waals surface area contributed by atoms with Gasteiger partial charge in [-0.1, -0.05) is 23.7 Å². The van der Waals surface area contributed by atoms with E-state index in [1.54, 1.807) is 7.05 Å². The Balaban J connectivity index is 0.00000300. The van der Waals surface area contributed by atoms with Crippen molar-refractivity contribution < 1.29 is 4.74 Å². The third kappa shape index (κ3) is 7.01. The first-order valence-electron chi connectivity index (χ1n) is 9.59. The molecule has 6 nitrogen and oxygen atoms in total. The van der Waals surface area contributed by atoms with Crippen LogP contribution in [0.4, 0.5) is 5.82 Å². The van der Waals surface area contributed by atoms with Gasteiger partial charge in [0, 0.05) is 37.9 Å². The van der Waals surface area contributed by atoms with Crippen molar-refractivity contribution in [3.8, 4) is 0 Å². The lowest BCUT2D eigenvalue weighted by Crippen LogP contribution is -2.41. The zero-order chi connectivity index (χ0) is 19.9. The van der Waals surface area contributed by atoms with Crippen LogP contribution in [0.15, 0.2) is 47.6 Å². The molecule has 2 heterocycles. The number of morpholine rings is 1. The minimum Gasteiger partial charge on any atom is -0.375 e. The van der Waals surface area contributed by atoms with Crippen molar-refractivity contribution in [1.29, 1.82) is 0 Å². The summed E-state index contributed by atoms with van der Waals surface area (Å²) in [6.45, 7) is 7.34. The van der Waals surface area contributed by atoms with E-state index in [2.05, 4.69) is 45.4 Å². The highest BCUT2D eigenvalue weighted by molar-refractivity contribution is 14.0. The van der Waals surface area contributed by atoms with E-state index in [1.807, 2.05) is 36.5 Å². The monoisotopic (exact) mass is 529 g/mol. The average molecular weight is 530 g/mol. The molecular formula is C21H29ClIN5O. The van der Waals surface area contributed by atoms with Gasteiger partial charge in [-0.15, -0.1) is 24.0 Å². The highest BCUT2D eigenvalue weighted by Crippen LogP contribution is 2.17. The van der Waals surface area contributed by atoms with E-state index in [1.165, 1.54) is 0 Å². The molecule has 1 aliphatic heterocycles. The fraction of sp³-hybridized carbons (Fsp3) is 0.429. The Morgan fingerprint density at radius 1 is 1.34 bits per heavy atom. The normalized spacial score (nSPS) is 18.0. The summed E-state index contributed by atoms with van der Waals surface area (Å²) in [7, 11) is 1.77. The van der Waals surface area contributed by atoms with Crippen LogP contribution in [-0.4, -0.2) is 43.8 Å². The number of hydrogen-bond acceptors (Lipinski definition) is 4. The van der Waals surface area contributed by atoms with E-state index in [4.69, 9.17) is 16.3 Å². The summed E-state index contributed by atoms with van der Waals surface area (Å²) in [5.41, 5.74) is 2.31. The quantitative estimate of drug-likeness (QED) is 0.348. The summed E-state index contributed by atoms with van der Waals surface area (Å²) in [5, 5.41) is 7.53. The molecule has 2 atom stereocenters. The van der Waals surface area contributed by atoms with Crippen LogP contribution in [0.25, 0.3) is 0 Å². The maximum Gasteiger partial charge on any atom is 0.191 e. The second-order valence-corrected chi connectivity index (χ2v) is 7.43. The molecule has 0 saturated carbocycles. The summed E-state index contributed by atoms with van der Waals surface area (Å²) >= 11 is 5.97. The van der Waals surface area contributed by atoms with Crippen LogP contribution in [0, 0.1) is 0 Å². The number of halogens is 2. The van der Waals surface area contributed by atoms with E-state index in [0.717, 1.165) is 47.6 Å². The molecule has 0 amide bonds. The van der Waals surface area contributed by atoms with Crippen LogP contribution >= 0.6 is 35.6 Å². The maximum absolute atomic E-state index is 5.97. The van der Waals surface area contributed by atoms with Gasteiger partial charge >= 0.3 is 0 Å². The van der Waals surface area contributed by atoms with Crippen LogP contribution in [0.2, 0.25) is 5.02 Å². The number of aromatic nitrogens is 1. The molecule has 1 aliphatic rings. The third-order valence-corrected chi connectivity index (χ3v) is 5.03. The number of anilines is 1. The molecule has 1 aromatic carbocycles. The highest BCUT2D eigenvalue weighted by Gasteiger charge is 2.18. The van der Waals surface area contributed by atoms with E-state index in [9.17, 15) is 0 Å². The predicted molar refractivity (Wildman–Crippen MR) is 130 cm³/mol. The number of nitrogens with zero attached hydrogens (tertiary/aromatic N) is 3. The Morgan fingerprint density at radius 2 is 2.10 bits per heavy atom. The number of hydrogen-bond donors (Lipinski definition) is 2. The van der Waals surface area contributed by atoms with Crippen LogP contribution in [-0.2, 0) is 11.3 Å². The molecule has 0 radical (unpaired) electrons. The number of guanidine groups is 1. The largest absolute Gasteiger partial charge is 0.375 e. The van der Waals surface area contributed by atoms with Gasteiger partial charge in [0.15, 0.2) is 5.96 Å². The molecule has 8 heteroatoms. The van der Waals surface area contributed by atoms with Gasteiger partial charge in [-0.3, -0.25) is 4.99 Å². The van der Waals surface area contributed by atoms with Gasteiger partial charge in [-0.05, 0) is 49.2 Å². The first-order valence-corrected chi connectivity index (χ1v) is 9.97. The van der Waals surface area contributed by atoms with E-state index in [0.29, 0.717) is 6.54 Å². The molecule has 0 bridgehead atoms. The van der Waals surface area contributed by atoms with Crippen molar-refractivity contribution in [3.05, 3.63) is 58.7 Å². The minimum atomic E-state index is 0. The van der Waals surface area contributed by atoms with E-state index < -0.39 is 0 Å². The molecular weight excluding hydrogens is 501 g/mol. The number of benzene rings is 1. The number of pyridine rings is 1. The van der Waals surface area contributed by atoms with Crippen LogP contribution in [0.1, 0.15) is 31.0 Å². The van der Waals surface area contributed by atoms with Gasteiger partial charge in [0.2, 0.25) is 0 Å². The standard InChI is InChI=1S/C21H28ClN5O.HI/c1-15-14-27(10-11-28-15)20-12-17(8-9-24-20)13-25-21(23-3)26-16(2)18-4-6-19(22)7-5-18;/h4-9,12,15-16H,10-11,13-14H2,1-3H3,(H2,23,25,26);1H. The second kappa shape index (κ2) is 11.6. The Hall–Kier alpha value is -1.58. The lowest BCUT2D eigenvalue weighted by Gasteiger charge is -2.32. The number of nitrogens with one attached hydrogen (secondary N) is 2. The second-order valence-electron chi connectivity index (χ2n) is 6.99.